The maximum atomic E-state index is 11.8. The van der Waals surface area contributed by atoms with Crippen LogP contribution in [0.4, 0.5) is 0 Å². The van der Waals surface area contributed by atoms with E-state index in [0.717, 1.165) is 12.8 Å². The molecule has 2 rings (SSSR count). The van der Waals surface area contributed by atoms with Crippen molar-refractivity contribution in [3.05, 3.63) is 0 Å². The van der Waals surface area contributed by atoms with Gasteiger partial charge in [0.1, 0.15) is 6.61 Å². The van der Waals surface area contributed by atoms with Crippen LogP contribution in [0.25, 0.3) is 0 Å². The Labute approximate surface area is 111 Å². The molecule has 0 atom stereocenters. The van der Waals surface area contributed by atoms with E-state index in [2.05, 4.69) is 6.92 Å². The van der Waals surface area contributed by atoms with E-state index in [0.29, 0.717) is 6.61 Å². The van der Waals surface area contributed by atoms with Crippen molar-refractivity contribution < 1.29 is 28.6 Å². The van der Waals surface area contributed by atoms with Crippen molar-refractivity contribution in [3.63, 3.8) is 0 Å². The topological polar surface area (TPSA) is 78.9 Å². The first-order chi connectivity index (χ1) is 8.72. The number of cyclic esters (lactones) is 2. The zero-order valence-corrected chi connectivity index (χ0v) is 11.4. The quantitative estimate of drug-likeness (QED) is 0.543. The van der Waals surface area contributed by atoms with Crippen molar-refractivity contribution in [1.29, 1.82) is 0 Å². The zero-order chi connectivity index (χ0) is 14.3. The van der Waals surface area contributed by atoms with Crippen LogP contribution in [0.2, 0.25) is 0 Å². The lowest BCUT2D eigenvalue weighted by atomic mass is 10.0. The van der Waals surface area contributed by atoms with Crippen molar-refractivity contribution in [2.24, 2.45) is 11.3 Å². The van der Waals surface area contributed by atoms with Crippen molar-refractivity contribution >= 4 is 17.7 Å². The van der Waals surface area contributed by atoms with Gasteiger partial charge in [-0.25, -0.2) is 0 Å². The first-order valence-corrected chi connectivity index (χ1v) is 6.29. The summed E-state index contributed by atoms with van der Waals surface area (Å²) in [6.07, 6.45) is 2.14. The van der Waals surface area contributed by atoms with E-state index >= 15 is 0 Å². The fourth-order valence-corrected chi connectivity index (χ4v) is 1.82. The summed E-state index contributed by atoms with van der Waals surface area (Å²) in [7, 11) is 0. The normalized spacial score (nSPS) is 24.6. The van der Waals surface area contributed by atoms with E-state index in [1.54, 1.807) is 0 Å². The van der Waals surface area contributed by atoms with Crippen LogP contribution >= 0.6 is 0 Å². The summed E-state index contributed by atoms with van der Waals surface area (Å²) in [5, 5.41) is 0. The summed E-state index contributed by atoms with van der Waals surface area (Å²) in [5.41, 5.74) is 0.149. The van der Waals surface area contributed by atoms with Gasteiger partial charge in [-0.05, 0) is 18.3 Å². The molecule has 19 heavy (non-hydrogen) atoms. The Bertz CT molecular complexity index is 401. The van der Waals surface area contributed by atoms with Crippen molar-refractivity contribution in [2.75, 3.05) is 13.2 Å². The Morgan fingerprint density at radius 1 is 1.21 bits per heavy atom. The highest BCUT2D eigenvalue weighted by atomic mass is 16.7. The lowest BCUT2D eigenvalue weighted by Gasteiger charge is -2.32. The van der Waals surface area contributed by atoms with Gasteiger partial charge in [-0.2, -0.15) is 0 Å². The van der Waals surface area contributed by atoms with Crippen LogP contribution < -0.4 is 0 Å². The van der Waals surface area contributed by atoms with Crippen LogP contribution in [0.3, 0.4) is 0 Å². The highest BCUT2D eigenvalue weighted by Crippen LogP contribution is 2.44. The van der Waals surface area contributed by atoms with E-state index in [4.69, 9.17) is 14.2 Å². The van der Waals surface area contributed by atoms with Gasteiger partial charge >= 0.3 is 11.9 Å². The highest BCUT2D eigenvalue weighted by molar-refractivity contribution is 6.16. The molecule has 6 heteroatoms. The number of carbonyl (C=O) groups is 3. The molecule has 0 spiro atoms. The minimum absolute atomic E-state index is 0.149. The maximum absolute atomic E-state index is 11.8. The average molecular weight is 270 g/mol. The van der Waals surface area contributed by atoms with Crippen LogP contribution in [0, 0.1) is 11.3 Å². The summed E-state index contributed by atoms with van der Waals surface area (Å²) < 4.78 is 15.0. The summed E-state index contributed by atoms with van der Waals surface area (Å²) in [6.45, 7) is 5.12. The maximum Gasteiger partial charge on any atom is 0.331 e. The van der Waals surface area contributed by atoms with Gasteiger partial charge in [-0.3, -0.25) is 14.4 Å². The van der Waals surface area contributed by atoms with Gasteiger partial charge in [0.05, 0.1) is 6.61 Å². The number of esters is 2. The molecule has 1 saturated carbocycles. The Kier molecular flexibility index (Phi) is 3.38. The van der Waals surface area contributed by atoms with E-state index in [1.807, 2.05) is 0 Å². The van der Waals surface area contributed by atoms with E-state index in [1.165, 1.54) is 13.8 Å². The highest BCUT2D eigenvalue weighted by Gasteiger charge is 2.47. The first-order valence-electron chi connectivity index (χ1n) is 6.29. The SMILES string of the molecule is CC1(COCC(=O)C2C(=O)OC(C)(C)OC2=O)CC1. The second-order valence-corrected chi connectivity index (χ2v) is 5.94. The molecule has 2 aliphatic rings. The largest absolute Gasteiger partial charge is 0.422 e. The Hall–Kier alpha value is -1.43. The molecule has 1 heterocycles. The molecule has 1 aliphatic heterocycles. The van der Waals surface area contributed by atoms with Crippen molar-refractivity contribution in [3.8, 4) is 0 Å². The van der Waals surface area contributed by atoms with Crippen molar-refractivity contribution in [1.82, 2.24) is 0 Å². The van der Waals surface area contributed by atoms with Gasteiger partial charge in [0.15, 0.2) is 5.78 Å². The van der Waals surface area contributed by atoms with Gasteiger partial charge in [0, 0.05) is 13.8 Å². The van der Waals surface area contributed by atoms with Crippen LogP contribution in [0.1, 0.15) is 33.6 Å². The van der Waals surface area contributed by atoms with Gasteiger partial charge in [-0.1, -0.05) is 6.92 Å². The minimum atomic E-state index is -1.51. The Morgan fingerprint density at radius 3 is 2.21 bits per heavy atom. The molecule has 0 aromatic carbocycles. The average Bonchev–Trinajstić information content (AvgIpc) is 2.93. The van der Waals surface area contributed by atoms with Gasteiger partial charge < -0.3 is 14.2 Å². The Morgan fingerprint density at radius 2 is 1.74 bits per heavy atom. The molecule has 0 radical (unpaired) electrons. The van der Waals surface area contributed by atoms with E-state index in [9.17, 15) is 14.4 Å². The number of ketones is 1. The fourth-order valence-electron chi connectivity index (χ4n) is 1.82. The van der Waals surface area contributed by atoms with Gasteiger partial charge in [0.2, 0.25) is 5.92 Å². The summed E-state index contributed by atoms with van der Waals surface area (Å²) in [6, 6.07) is 0. The number of rotatable bonds is 5. The lowest BCUT2D eigenvalue weighted by Crippen LogP contribution is -2.49. The molecule has 2 fully saturated rings. The molecular formula is C13H18O6. The van der Waals surface area contributed by atoms with E-state index < -0.39 is 29.4 Å². The third kappa shape index (κ3) is 3.32. The minimum Gasteiger partial charge on any atom is -0.422 e. The molecule has 0 bridgehead atoms. The molecule has 106 valence electrons. The van der Waals surface area contributed by atoms with Crippen LogP contribution in [-0.4, -0.2) is 36.7 Å². The summed E-state index contributed by atoms with van der Waals surface area (Å²) >= 11 is 0. The molecular weight excluding hydrogens is 252 g/mol. The van der Waals surface area contributed by atoms with Crippen molar-refractivity contribution in [2.45, 2.75) is 39.4 Å². The number of hydrogen-bond donors (Lipinski definition) is 0. The molecule has 0 N–H and O–H groups in total. The van der Waals surface area contributed by atoms with Gasteiger partial charge in [-0.15, -0.1) is 0 Å². The van der Waals surface area contributed by atoms with Gasteiger partial charge in [0.25, 0.3) is 5.79 Å². The standard InChI is InChI=1S/C13H18O6/c1-12(2)18-10(15)9(11(16)19-12)8(14)6-17-7-13(3)4-5-13/h9H,4-7H2,1-3H3. The number of carbonyl (C=O) groups excluding carboxylic acids is 3. The number of Topliss-reactive ketones (excluding diaryl/α,β-unsaturated/α-hetero) is 1. The second kappa shape index (κ2) is 4.59. The fraction of sp³-hybridized carbons (Fsp3) is 0.769. The molecule has 0 unspecified atom stereocenters. The van der Waals surface area contributed by atoms with Crippen LogP contribution in [0.15, 0.2) is 0 Å². The Balaban J connectivity index is 1.87. The third-order valence-corrected chi connectivity index (χ3v) is 3.28. The zero-order valence-electron chi connectivity index (χ0n) is 11.4. The molecule has 0 amide bonds. The molecule has 0 aromatic rings. The molecule has 6 nitrogen and oxygen atoms in total. The molecule has 1 aliphatic carbocycles. The molecule has 1 saturated heterocycles. The molecule has 0 aromatic heterocycles. The number of hydrogen-bond acceptors (Lipinski definition) is 6. The summed E-state index contributed by atoms with van der Waals surface area (Å²) in [5.74, 6) is -5.18. The second-order valence-electron chi connectivity index (χ2n) is 5.94. The first kappa shape index (κ1) is 14.0. The predicted molar refractivity (Wildman–Crippen MR) is 62.9 cm³/mol. The lowest BCUT2D eigenvalue weighted by molar-refractivity contribution is -0.238. The summed E-state index contributed by atoms with van der Waals surface area (Å²) in [4.78, 5) is 35.1. The monoisotopic (exact) mass is 270 g/mol. The third-order valence-electron chi connectivity index (χ3n) is 3.28. The van der Waals surface area contributed by atoms with Crippen LogP contribution in [0.5, 0.6) is 0 Å². The van der Waals surface area contributed by atoms with Crippen LogP contribution in [-0.2, 0) is 28.6 Å². The van der Waals surface area contributed by atoms with E-state index in [-0.39, 0.29) is 12.0 Å². The number of ether oxygens (including phenoxy) is 3. The smallest absolute Gasteiger partial charge is 0.331 e. The predicted octanol–water partition coefficient (Wildman–Crippen LogP) is 0.824.